The van der Waals surface area contributed by atoms with Gasteiger partial charge >= 0.3 is 29.8 Å². The van der Waals surface area contributed by atoms with E-state index in [-0.39, 0.29) is 30.2 Å². The van der Waals surface area contributed by atoms with Crippen LogP contribution < -0.4 is 4.74 Å². The maximum atomic E-state index is 12.4. The summed E-state index contributed by atoms with van der Waals surface area (Å²) in [6.45, 7) is 4.18. The molecule has 1 aliphatic rings. The van der Waals surface area contributed by atoms with Crippen LogP contribution >= 0.6 is 0 Å². The van der Waals surface area contributed by atoms with E-state index in [9.17, 15) is 34.1 Å². The molecule has 5 atom stereocenters. The van der Waals surface area contributed by atoms with Crippen molar-refractivity contribution >= 4 is 35.5 Å². The second-order valence-electron chi connectivity index (χ2n) is 9.53. The van der Waals surface area contributed by atoms with E-state index in [2.05, 4.69) is 0 Å². The van der Waals surface area contributed by atoms with Crippen molar-refractivity contribution in [1.82, 2.24) is 0 Å². The highest BCUT2D eigenvalue weighted by Crippen LogP contribution is 2.30. The number of esters is 5. The highest BCUT2D eigenvalue weighted by Gasteiger charge is 2.52. The standard InChI is InChI=1S/C29H31NO14/c1-16(31)39-15-24-25(40-17(2)32)26(41-18(3)33)27(42-19(4)34)29(44-24)38-14-13-20-5-11-23(12-6-20)43-28(35)21-7-9-22(10-8-21)30(36)37/h5-12,24-27,29H,13-15H2,1-4H3/t24-,25-,26+,27-,29-/m1/s1. The molecule has 2 aromatic rings. The summed E-state index contributed by atoms with van der Waals surface area (Å²) >= 11 is 0. The van der Waals surface area contributed by atoms with Gasteiger partial charge in [-0.2, -0.15) is 0 Å². The van der Waals surface area contributed by atoms with Crippen LogP contribution in [-0.2, 0) is 54.0 Å². The van der Waals surface area contributed by atoms with Gasteiger partial charge < -0.3 is 33.2 Å². The monoisotopic (exact) mass is 617 g/mol. The van der Waals surface area contributed by atoms with Crippen LogP contribution in [0.3, 0.4) is 0 Å². The van der Waals surface area contributed by atoms with Crippen LogP contribution in [0.25, 0.3) is 0 Å². The van der Waals surface area contributed by atoms with E-state index >= 15 is 0 Å². The number of carbonyl (C=O) groups excluding carboxylic acids is 5. The van der Waals surface area contributed by atoms with Crippen LogP contribution in [0.1, 0.15) is 43.6 Å². The quantitative estimate of drug-likeness (QED) is 0.111. The predicted octanol–water partition coefficient (Wildman–Crippen LogP) is 2.46. The fraction of sp³-hybridized carbons (Fsp3) is 0.414. The van der Waals surface area contributed by atoms with Crippen LogP contribution in [0.4, 0.5) is 5.69 Å². The maximum absolute atomic E-state index is 12.4. The molecule has 1 heterocycles. The van der Waals surface area contributed by atoms with Gasteiger partial charge in [0.05, 0.1) is 17.1 Å². The van der Waals surface area contributed by atoms with Gasteiger partial charge in [-0.3, -0.25) is 29.3 Å². The van der Waals surface area contributed by atoms with Crippen LogP contribution in [0.15, 0.2) is 48.5 Å². The summed E-state index contributed by atoms with van der Waals surface area (Å²) in [7, 11) is 0. The van der Waals surface area contributed by atoms with E-state index in [0.29, 0.717) is 6.42 Å². The molecule has 3 rings (SSSR count). The van der Waals surface area contributed by atoms with E-state index in [1.54, 1.807) is 24.3 Å². The number of hydrogen-bond acceptors (Lipinski definition) is 14. The molecule has 44 heavy (non-hydrogen) atoms. The molecule has 1 fully saturated rings. The Kier molecular flexibility index (Phi) is 11.9. The van der Waals surface area contributed by atoms with Crippen LogP contribution in [-0.4, -0.2) is 78.7 Å². The Morgan fingerprint density at radius 3 is 1.89 bits per heavy atom. The van der Waals surface area contributed by atoms with E-state index in [1.807, 2.05) is 0 Å². The fourth-order valence-corrected chi connectivity index (χ4v) is 4.23. The van der Waals surface area contributed by atoms with Crippen LogP contribution in [0, 0.1) is 10.1 Å². The highest BCUT2D eigenvalue weighted by atomic mass is 16.7. The van der Waals surface area contributed by atoms with E-state index in [1.165, 1.54) is 31.2 Å². The second-order valence-corrected chi connectivity index (χ2v) is 9.53. The first-order valence-corrected chi connectivity index (χ1v) is 13.3. The van der Waals surface area contributed by atoms with Gasteiger partial charge in [-0.1, -0.05) is 12.1 Å². The second kappa shape index (κ2) is 15.5. The number of nitro groups is 1. The molecule has 236 valence electrons. The average Bonchev–Trinajstić information content (AvgIpc) is 2.95. The molecule has 0 unspecified atom stereocenters. The maximum Gasteiger partial charge on any atom is 0.343 e. The Labute approximate surface area is 251 Å². The number of carbonyl (C=O) groups is 5. The third-order valence-corrected chi connectivity index (χ3v) is 6.07. The van der Waals surface area contributed by atoms with Gasteiger partial charge in [0.25, 0.3) is 5.69 Å². The largest absolute Gasteiger partial charge is 0.463 e. The molecule has 0 aromatic heterocycles. The van der Waals surface area contributed by atoms with Crippen molar-refractivity contribution in [1.29, 1.82) is 0 Å². The number of nitro benzene ring substituents is 1. The van der Waals surface area contributed by atoms with Crippen LogP contribution in [0.5, 0.6) is 5.75 Å². The molecule has 0 amide bonds. The Hall–Kier alpha value is -4.89. The van der Waals surface area contributed by atoms with Gasteiger partial charge in [0.1, 0.15) is 18.5 Å². The molecule has 15 heteroatoms. The van der Waals surface area contributed by atoms with Crippen molar-refractivity contribution in [2.24, 2.45) is 0 Å². The Balaban J connectivity index is 1.69. The first-order chi connectivity index (χ1) is 20.8. The lowest BCUT2D eigenvalue weighted by molar-refractivity contribution is -0.384. The van der Waals surface area contributed by atoms with Crippen molar-refractivity contribution in [2.45, 2.75) is 64.8 Å². The minimum atomic E-state index is -1.34. The van der Waals surface area contributed by atoms with Gasteiger partial charge in [0.2, 0.25) is 0 Å². The van der Waals surface area contributed by atoms with Gasteiger partial charge in [0.15, 0.2) is 24.6 Å². The Bertz CT molecular complexity index is 1360. The third-order valence-electron chi connectivity index (χ3n) is 6.07. The zero-order chi connectivity index (χ0) is 32.4. The Morgan fingerprint density at radius 2 is 1.34 bits per heavy atom. The summed E-state index contributed by atoms with van der Waals surface area (Å²) in [5.74, 6) is -3.35. The minimum Gasteiger partial charge on any atom is -0.463 e. The van der Waals surface area contributed by atoms with Crippen molar-refractivity contribution < 1.29 is 62.1 Å². The molecule has 0 aliphatic carbocycles. The molecular weight excluding hydrogens is 586 g/mol. The van der Waals surface area contributed by atoms with Gasteiger partial charge in [-0.25, -0.2) is 4.79 Å². The smallest absolute Gasteiger partial charge is 0.343 e. The van der Waals surface area contributed by atoms with Gasteiger partial charge in [0, 0.05) is 39.8 Å². The summed E-state index contributed by atoms with van der Waals surface area (Å²) in [5.41, 5.74) is 0.737. The van der Waals surface area contributed by atoms with Crippen molar-refractivity contribution in [2.75, 3.05) is 13.2 Å². The molecular formula is C29H31NO14. The van der Waals surface area contributed by atoms with Crippen molar-refractivity contribution in [3.05, 3.63) is 69.8 Å². The van der Waals surface area contributed by atoms with E-state index in [4.69, 9.17) is 33.2 Å². The summed E-state index contributed by atoms with van der Waals surface area (Å²) in [5, 5.41) is 10.8. The highest BCUT2D eigenvalue weighted by molar-refractivity contribution is 5.91. The lowest BCUT2D eigenvalue weighted by Crippen LogP contribution is -2.63. The van der Waals surface area contributed by atoms with Gasteiger partial charge in [-0.15, -0.1) is 0 Å². The predicted molar refractivity (Wildman–Crippen MR) is 146 cm³/mol. The molecule has 0 N–H and O–H groups in total. The molecule has 15 nitrogen and oxygen atoms in total. The summed E-state index contributed by atoms with van der Waals surface area (Å²) in [4.78, 5) is 69.8. The van der Waals surface area contributed by atoms with Crippen molar-refractivity contribution in [3.8, 4) is 5.75 Å². The molecule has 1 aliphatic heterocycles. The first kappa shape index (κ1) is 33.6. The third kappa shape index (κ3) is 9.84. The number of benzene rings is 2. The first-order valence-electron chi connectivity index (χ1n) is 13.3. The molecule has 1 saturated heterocycles. The molecule has 0 bridgehead atoms. The minimum absolute atomic E-state index is 0.00959. The molecule has 2 aromatic carbocycles. The SMILES string of the molecule is CC(=O)OC[C@H]1O[C@@H](OCCc2ccc(OC(=O)c3ccc([N+](=O)[O-])cc3)cc2)[C@H](OC(C)=O)[C@@H](OC(C)=O)[C@@H]1OC(C)=O. The van der Waals surface area contributed by atoms with Gasteiger partial charge in [-0.05, 0) is 36.2 Å². The molecule has 0 spiro atoms. The Morgan fingerprint density at radius 1 is 0.773 bits per heavy atom. The molecule has 0 saturated carbocycles. The molecule has 0 radical (unpaired) electrons. The lowest BCUT2D eigenvalue weighted by Gasteiger charge is -2.44. The number of nitrogens with zero attached hydrogens (tertiary/aromatic N) is 1. The zero-order valence-electron chi connectivity index (χ0n) is 24.3. The normalized spacial score (nSPS) is 21.0. The lowest BCUT2D eigenvalue weighted by atomic mass is 9.98. The number of non-ortho nitro benzene ring substituents is 1. The zero-order valence-corrected chi connectivity index (χ0v) is 24.3. The number of ether oxygens (including phenoxy) is 7. The number of hydrogen-bond donors (Lipinski definition) is 0. The van der Waals surface area contributed by atoms with E-state index in [0.717, 1.165) is 26.3 Å². The fourth-order valence-electron chi connectivity index (χ4n) is 4.23. The van der Waals surface area contributed by atoms with Crippen molar-refractivity contribution in [3.63, 3.8) is 0 Å². The summed E-state index contributed by atoms with van der Waals surface area (Å²) in [6, 6.07) is 11.4. The number of rotatable bonds is 12. The summed E-state index contributed by atoms with van der Waals surface area (Å²) in [6.07, 6.45) is -6.10. The van der Waals surface area contributed by atoms with Crippen LogP contribution in [0.2, 0.25) is 0 Å². The topological polar surface area (TPSA) is 193 Å². The summed E-state index contributed by atoms with van der Waals surface area (Å²) < 4.78 is 38.2. The van der Waals surface area contributed by atoms with E-state index < -0.39 is 65.5 Å². The average molecular weight is 618 g/mol.